The van der Waals surface area contributed by atoms with Crippen molar-refractivity contribution in [3.63, 3.8) is 0 Å². The minimum absolute atomic E-state index is 0.367. The van der Waals surface area contributed by atoms with Gasteiger partial charge in [-0.1, -0.05) is 6.08 Å². The Morgan fingerprint density at radius 2 is 1.86 bits per heavy atom. The number of hydrogen-bond donors (Lipinski definition) is 2. The van der Waals surface area contributed by atoms with Gasteiger partial charge in [0, 0.05) is 13.5 Å². The lowest BCUT2D eigenvalue weighted by atomic mass is 10.2. The first kappa shape index (κ1) is 12.4. The average Bonchev–Trinajstić information content (AvgIpc) is 2.02. The molecular formula is C10H16N2O2. The summed E-state index contributed by atoms with van der Waals surface area (Å²) in [7, 11) is 0. The van der Waals surface area contributed by atoms with Gasteiger partial charge in [0.2, 0.25) is 5.91 Å². The molecule has 0 rings (SSSR count). The van der Waals surface area contributed by atoms with Crippen LogP contribution in [0, 0.1) is 0 Å². The van der Waals surface area contributed by atoms with E-state index < -0.39 is 5.91 Å². The van der Waals surface area contributed by atoms with Crippen LogP contribution in [-0.4, -0.2) is 18.4 Å². The minimum atomic E-state index is -0.403. The molecule has 0 aromatic heterocycles. The van der Waals surface area contributed by atoms with Crippen LogP contribution in [-0.2, 0) is 9.59 Å². The Hall–Kier alpha value is -1.58. The van der Waals surface area contributed by atoms with Crippen LogP contribution in [0.2, 0.25) is 0 Å². The quantitative estimate of drug-likeness (QED) is 0.514. The van der Waals surface area contributed by atoms with E-state index in [0.717, 1.165) is 5.57 Å². The molecule has 14 heavy (non-hydrogen) atoms. The fourth-order valence-corrected chi connectivity index (χ4v) is 0.881. The Labute approximate surface area is 84.1 Å². The second kappa shape index (κ2) is 5.96. The smallest absolute Gasteiger partial charge is 0.273 e. The number of nitrogens with one attached hydrogen (secondary N) is 2. The maximum absolute atomic E-state index is 11.4. The molecule has 2 N–H and O–H groups in total. The fourth-order valence-electron chi connectivity index (χ4n) is 0.881. The zero-order chi connectivity index (χ0) is 11.1. The highest BCUT2D eigenvalue weighted by molar-refractivity contribution is 6.03. The van der Waals surface area contributed by atoms with Crippen molar-refractivity contribution in [1.82, 2.24) is 10.6 Å². The monoisotopic (exact) mass is 196 g/mol. The molecule has 0 fully saturated rings. The lowest BCUT2D eigenvalue weighted by molar-refractivity contribution is -0.127. The molecule has 0 spiro atoms. The molecule has 0 aliphatic carbocycles. The van der Waals surface area contributed by atoms with E-state index in [9.17, 15) is 9.59 Å². The number of imide groups is 1. The zero-order valence-corrected chi connectivity index (χ0v) is 8.81. The van der Waals surface area contributed by atoms with Gasteiger partial charge in [-0.25, -0.2) is 0 Å². The van der Waals surface area contributed by atoms with Crippen molar-refractivity contribution < 1.29 is 9.59 Å². The van der Waals surface area contributed by atoms with E-state index in [-0.39, 0.29) is 5.91 Å². The standard InChI is InChI=1S/C10H16N2O2/c1-5-6-11-9(7(2)3)10(14)12-8(4)13/h5,11H,1,6H2,2-4H3,(H,12,13,14). The highest BCUT2D eigenvalue weighted by Gasteiger charge is 2.10. The van der Waals surface area contributed by atoms with Gasteiger partial charge in [-0.3, -0.25) is 14.9 Å². The number of hydrogen-bond acceptors (Lipinski definition) is 3. The van der Waals surface area contributed by atoms with E-state index in [1.54, 1.807) is 19.9 Å². The van der Waals surface area contributed by atoms with Crippen molar-refractivity contribution in [2.75, 3.05) is 6.54 Å². The van der Waals surface area contributed by atoms with Crippen molar-refractivity contribution in [3.8, 4) is 0 Å². The predicted molar refractivity (Wildman–Crippen MR) is 55.4 cm³/mol. The first-order valence-corrected chi connectivity index (χ1v) is 4.33. The Kier molecular flexibility index (Phi) is 5.29. The largest absolute Gasteiger partial charge is 0.377 e. The van der Waals surface area contributed by atoms with E-state index in [4.69, 9.17) is 0 Å². The Morgan fingerprint density at radius 3 is 2.21 bits per heavy atom. The minimum Gasteiger partial charge on any atom is -0.377 e. The lowest BCUT2D eigenvalue weighted by Crippen LogP contribution is -2.35. The second-order valence-electron chi connectivity index (χ2n) is 3.05. The molecule has 0 heterocycles. The summed E-state index contributed by atoms with van der Waals surface area (Å²) in [5.41, 5.74) is 1.24. The molecule has 0 aliphatic heterocycles. The van der Waals surface area contributed by atoms with Gasteiger partial charge in [0.15, 0.2) is 0 Å². The summed E-state index contributed by atoms with van der Waals surface area (Å²) in [5, 5.41) is 5.07. The van der Waals surface area contributed by atoms with Crippen molar-refractivity contribution in [2.24, 2.45) is 0 Å². The van der Waals surface area contributed by atoms with E-state index >= 15 is 0 Å². The van der Waals surface area contributed by atoms with E-state index in [0.29, 0.717) is 12.2 Å². The van der Waals surface area contributed by atoms with E-state index in [1.165, 1.54) is 6.92 Å². The normalized spacial score (nSPS) is 8.79. The van der Waals surface area contributed by atoms with Crippen LogP contribution >= 0.6 is 0 Å². The topological polar surface area (TPSA) is 58.2 Å². The van der Waals surface area contributed by atoms with Gasteiger partial charge in [0.1, 0.15) is 0 Å². The molecule has 0 radical (unpaired) electrons. The van der Waals surface area contributed by atoms with E-state index in [2.05, 4.69) is 17.2 Å². The third-order valence-corrected chi connectivity index (χ3v) is 1.44. The molecular weight excluding hydrogens is 180 g/mol. The van der Waals surface area contributed by atoms with Crippen molar-refractivity contribution >= 4 is 11.8 Å². The lowest BCUT2D eigenvalue weighted by Gasteiger charge is -2.10. The molecule has 0 bridgehead atoms. The Morgan fingerprint density at radius 1 is 1.29 bits per heavy atom. The highest BCUT2D eigenvalue weighted by atomic mass is 16.2. The van der Waals surface area contributed by atoms with Crippen LogP contribution in [0.5, 0.6) is 0 Å². The van der Waals surface area contributed by atoms with Crippen molar-refractivity contribution in [3.05, 3.63) is 23.9 Å². The zero-order valence-electron chi connectivity index (χ0n) is 8.81. The summed E-state index contributed by atoms with van der Waals surface area (Å²) in [6.45, 7) is 8.91. The highest BCUT2D eigenvalue weighted by Crippen LogP contribution is 1.99. The second-order valence-corrected chi connectivity index (χ2v) is 3.05. The Bertz CT molecular complexity index is 276. The number of amides is 2. The van der Waals surface area contributed by atoms with Crippen molar-refractivity contribution in [2.45, 2.75) is 20.8 Å². The summed E-state index contributed by atoms with van der Waals surface area (Å²) in [4.78, 5) is 22.1. The molecule has 0 aliphatic rings. The summed E-state index contributed by atoms with van der Waals surface area (Å²) < 4.78 is 0. The number of allylic oxidation sites excluding steroid dienone is 1. The van der Waals surface area contributed by atoms with Gasteiger partial charge in [0.05, 0.1) is 5.70 Å². The first-order chi connectivity index (χ1) is 6.49. The van der Waals surface area contributed by atoms with Gasteiger partial charge in [-0.05, 0) is 19.4 Å². The molecule has 4 heteroatoms. The van der Waals surface area contributed by atoms with Gasteiger partial charge in [-0.15, -0.1) is 6.58 Å². The van der Waals surface area contributed by atoms with Crippen LogP contribution in [0.3, 0.4) is 0 Å². The van der Waals surface area contributed by atoms with Crippen LogP contribution in [0.4, 0.5) is 0 Å². The summed E-state index contributed by atoms with van der Waals surface area (Å²) in [6, 6.07) is 0. The van der Waals surface area contributed by atoms with Gasteiger partial charge in [0.25, 0.3) is 5.91 Å². The van der Waals surface area contributed by atoms with Gasteiger partial charge in [-0.2, -0.15) is 0 Å². The third-order valence-electron chi connectivity index (χ3n) is 1.44. The number of rotatable bonds is 4. The summed E-state index contributed by atoms with van der Waals surface area (Å²) in [5.74, 6) is -0.770. The third kappa shape index (κ3) is 4.45. The molecule has 0 unspecified atom stereocenters. The molecule has 0 aromatic rings. The Balaban J connectivity index is 4.51. The van der Waals surface area contributed by atoms with E-state index in [1.807, 2.05) is 0 Å². The average molecular weight is 196 g/mol. The summed E-state index contributed by atoms with van der Waals surface area (Å²) >= 11 is 0. The molecule has 78 valence electrons. The van der Waals surface area contributed by atoms with Crippen LogP contribution in [0.25, 0.3) is 0 Å². The molecule has 0 atom stereocenters. The molecule has 2 amide bonds. The van der Waals surface area contributed by atoms with Crippen LogP contribution in [0.1, 0.15) is 20.8 Å². The predicted octanol–water partition coefficient (Wildman–Crippen LogP) is 0.719. The number of carbonyl (C=O) groups is 2. The maximum Gasteiger partial charge on any atom is 0.273 e. The van der Waals surface area contributed by atoms with Gasteiger partial charge >= 0.3 is 0 Å². The first-order valence-electron chi connectivity index (χ1n) is 4.33. The van der Waals surface area contributed by atoms with Crippen LogP contribution in [0.15, 0.2) is 23.9 Å². The van der Waals surface area contributed by atoms with Gasteiger partial charge < -0.3 is 5.32 Å². The SMILES string of the molecule is C=CCNC(C(=O)NC(C)=O)=C(C)C. The van der Waals surface area contributed by atoms with Crippen LogP contribution < -0.4 is 10.6 Å². The molecule has 4 nitrogen and oxygen atoms in total. The molecule has 0 saturated heterocycles. The fraction of sp³-hybridized carbons (Fsp3) is 0.400. The molecule has 0 aromatic carbocycles. The number of carbonyl (C=O) groups excluding carboxylic acids is 2. The van der Waals surface area contributed by atoms with Crippen molar-refractivity contribution in [1.29, 1.82) is 0 Å². The summed E-state index contributed by atoms with van der Waals surface area (Å²) in [6.07, 6.45) is 1.64. The maximum atomic E-state index is 11.4. The molecule has 0 saturated carbocycles.